The molecule has 192 valence electrons. The number of carbonyl (C=O) groups is 3. The van der Waals surface area contributed by atoms with Crippen molar-refractivity contribution in [2.24, 2.45) is 0 Å². The number of carbonyl (C=O) groups excluding carboxylic acids is 3. The van der Waals surface area contributed by atoms with Gasteiger partial charge in [-0.3, -0.25) is 24.2 Å². The van der Waals surface area contributed by atoms with E-state index in [0.29, 0.717) is 15.6 Å². The summed E-state index contributed by atoms with van der Waals surface area (Å²) in [5, 5.41) is 2.42. The van der Waals surface area contributed by atoms with Crippen molar-refractivity contribution in [1.82, 2.24) is 4.90 Å². The monoisotopic (exact) mass is 553 g/mol. The number of nitrogens with one attached hydrogen (secondary N) is 1. The van der Waals surface area contributed by atoms with Gasteiger partial charge in [-0.1, -0.05) is 78.6 Å². The van der Waals surface area contributed by atoms with Crippen LogP contribution in [0.5, 0.6) is 0 Å². The van der Waals surface area contributed by atoms with Crippen molar-refractivity contribution in [3.05, 3.63) is 100 Å². The molecule has 0 aliphatic carbocycles. The van der Waals surface area contributed by atoms with Gasteiger partial charge in [0.1, 0.15) is 10.9 Å². The van der Waals surface area contributed by atoms with E-state index in [4.69, 9.17) is 12.2 Å². The maximum Gasteiger partial charge on any atom is 0.416 e. The molecule has 5 rings (SSSR count). The molecule has 11 heteroatoms. The summed E-state index contributed by atoms with van der Waals surface area (Å²) in [7, 11) is 0. The van der Waals surface area contributed by atoms with Crippen LogP contribution in [-0.4, -0.2) is 33.5 Å². The smallest absolute Gasteiger partial charge is 0.325 e. The molecule has 2 heterocycles. The molecular weight excluding hydrogens is 535 g/mol. The lowest BCUT2D eigenvalue weighted by Gasteiger charge is -2.17. The summed E-state index contributed by atoms with van der Waals surface area (Å²) in [5.74, 6) is -1.66. The van der Waals surface area contributed by atoms with Crippen LogP contribution in [-0.2, 0) is 27.1 Å². The fourth-order valence-corrected chi connectivity index (χ4v) is 5.55. The maximum atomic E-state index is 13.6. The number of benzene rings is 3. The second-order valence-electron chi connectivity index (χ2n) is 8.48. The Morgan fingerprint density at radius 3 is 2.34 bits per heavy atom. The topological polar surface area (TPSA) is 69.7 Å². The Morgan fingerprint density at radius 2 is 1.61 bits per heavy atom. The van der Waals surface area contributed by atoms with Gasteiger partial charge in [0.25, 0.3) is 11.8 Å². The van der Waals surface area contributed by atoms with E-state index in [2.05, 4.69) is 5.32 Å². The van der Waals surface area contributed by atoms with Crippen molar-refractivity contribution in [1.29, 1.82) is 0 Å². The van der Waals surface area contributed by atoms with Gasteiger partial charge in [0.15, 0.2) is 0 Å². The van der Waals surface area contributed by atoms with Gasteiger partial charge in [-0.2, -0.15) is 13.2 Å². The van der Waals surface area contributed by atoms with Crippen molar-refractivity contribution in [2.45, 2.75) is 12.7 Å². The Hall–Kier alpha value is -3.96. The molecule has 0 radical (unpaired) electrons. The van der Waals surface area contributed by atoms with E-state index in [9.17, 15) is 27.6 Å². The summed E-state index contributed by atoms with van der Waals surface area (Å²) >= 11 is 6.47. The molecule has 6 nitrogen and oxygen atoms in total. The van der Waals surface area contributed by atoms with E-state index in [1.165, 1.54) is 21.9 Å². The second-order valence-corrected chi connectivity index (χ2v) is 10.1. The van der Waals surface area contributed by atoms with Crippen molar-refractivity contribution in [2.75, 3.05) is 16.8 Å². The van der Waals surface area contributed by atoms with Crippen LogP contribution in [0.3, 0.4) is 0 Å². The summed E-state index contributed by atoms with van der Waals surface area (Å²) in [4.78, 5) is 42.5. The van der Waals surface area contributed by atoms with Gasteiger partial charge in [0.05, 0.1) is 28.3 Å². The fourth-order valence-electron chi connectivity index (χ4n) is 4.23. The average Bonchev–Trinajstić information content (AvgIpc) is 3.31. The summed E-state index contributed by atoms with van der Waals surface area (Å²) in [6.07, 6.45) is -4.56. The van der Waals surface area contributed by atoms with E-state index in [1.807, 2.05) is 30.3 Å². The van der Waals surface area contributed by atoms with Crippen LogP contribution in [0.2, 0.25) is 0 Å². The minimum atomic E-state index is -4.56. The van der Waals surface area contributed by atoms with Gasteiger partial charge in [-0.05, 0) is 29.8 Å². The van der Waals surface area contributed by atoms with E-state index in [0.717, 1.165) is 29.5 Å². The number of fused-ring (bicyclic) bond motifs is 1. The molecule has 0 aromatic heterocycles. The van der Waals surface area contributed by atoms with Gasteiger partial charge < -0.3 is 5.32 Å². The summed E-state index contributed by atoms with van der Waals surface area (Å²) < 4.78 is 39.4. The molecule has 0 atom stereocenters. The lowest BCUT2D eigenvalue weighted by Crippen LogP contribution is -2.35. The van der Waals surface area contributed by atoms with Crippen LogP contribution in [0, 0.1) is 0 Å². The zero-order chi connectivity index (χ0) is 27.0. The third-order valence-electron chi connectivity index (χ3n) is 5.96. The molecule has 1 N–H and O–H groups in total. The highest BCUT2D eigenvalue weighted by Gasteiger charge is 2.42. The Morgan fingerprint density at radius 1 is 0.895 bits per heavy atom. The SMILES string of the molecule is O=C(CN1C(=O)C(=C2SC(=S)N(Cc3ccccc3)C2=O)c2ccccc21)Nc1cccc(C(F)(F)F)c1. The lowest BCUT2D eigenvalue weighted by atomic mass is 10.1. The minimum Gasteiger partial charge on any atom is -0.325 e. The molecule has 0 spiro atoms. The van der Waals surface area contributed by atoms with Gasteiger partial charge in [-0.25, -0.2) is 0 Å². The number of rotatable bonds is 5. The van der Waals surface area contributed by atoms with Crippen molar-refractivity contribution in [3.63, 3.8) is 0 Å². The standard InChI is InChI=1S/C27H18F3N3O3S2/c28-27(29,30)17-9-6-10-18(13-17)31-21(34)15-32-20-12-5-4-11-19(20)22(24(32)35)23-25(36)33(26(37)38-23)14-16-7-2-1-3-8-16/h1-13H,14-15H2,(H,31,34). The molecule has 1 fully saturated rings. The molecular formula is C27H18F3N3O3S2. The zero-order valence-electron chi connectivity index (χ0n) is 19.5. The lowest BCUT2D eigenvalue weighted by molar-refractivity contribution is -0.137. The zero-order valence-corrected chi connectivity index (χ0v) is 21.1. The Bertz CT molecular complexity index is 1510. The van der Waals surface area contributed by atoms with Gasteiger partial charge in [-0.15, -0.1) is 0 Å². The minimum absolute atomic E-state index is 0.0493. The predicted octanol–water partition coefficient (Wildman–Crippen LogP) is 5.46. The predicted molar refractivity (Wildman–Crippen MR) is 143 cm³/mol. The molecule has 0 unspecified atom stereocenters. The Balaban J connectivity index is 1.41. The third kappa shape index (κ3) is 4.94. The molecule has 1 saturated heterocycles. The first-order valence-corrected chi connectivity index (χ1v) is 12.6. The number of hydrogen-bond donors (Lipinski definition) is 1. The van der Waals surface area contributed by atoms with Crippen LogP contribution in [0.4, 0.5) is 24.5 Å². The van der Waals surface area contributed by atoms with Crippen LogP contribution < -0.4 is 10.2 Å². The third-order valence-corrected chi connectivity index (χ3v) is 7.41. The number of halogens is 3. The number of thiocarbonyl (C=S) groups is 1. The molecule has 3 aromatic rings. The molecule has 38 heavy (non-hydrogen) atoms. The first-order valence-electron chi connectivity index (χ1n) is 11.3. The first-order chi connectivity index (χ1) is 18.1. The van der Waals surface area contributed by atoms with Gasteiger partial charge >= 0.3 is 6.18 Å². The first kappa shape index (κ1) is 25.7. The number of amides is 3. The highest BCUT2D eigenvalue weighted by Crippen LogP contribution is 2.44. The number of nitrogens with zero attached hydrogens (tertiary/aromatic N) is 2. The summed E-state index contributed by atoms with van der Waals surface area (Å²) in [6, 6.07) is 20.3. The summed E-state index contributed by atoms with van der Waals surface area (Å²) in [5.41, 5.74) is 0.954. The molecule has 3 aromatic carbocycles. The normalized spacial score (nSPS) is 17.3. The van der Waals surface area contributed by atoms with Crippen molar-refractivity contribution < 1.29 is 27.6 Å². The van der Waals surface area contributed by atoms with E-state index >= 15 is 0 Å². The quantitative estimate of drug-likeness (QED) is 0.336. The number of para-hydroxylation sites is 1. The van der Waals surface area contributed by atoms with Crippen molar-refractivity contribution in [3.8, 4) is 0 Å². The van der Waals surface area contributed by atoms with Crippen LogP contribution in [0.15, 0.2) is 83.8 Å². The highest BCUT2D eigenvalue weighted by molar-refractivity contribution is 8.26. The molecule has 2 aliphatic heterocycles. The molecule has 2 aliphatic rings. The van der Waals surface area contributed by atoms with Gasteiger partial charge in [0, 0.05) is 11.3 Å². The highest BCUT2D eigenvalue weighted by atomic mass is 32.2. The summed E-state index contributed by atoms with van der Waals surface area (Å²) in [6.45, 7) is -0.207. The van der Waals surface area contributed by atoms with Crippen molar-refractivity contribution >= 4 is 63.0 Å². The maximum absolute atomic E-state index is 13.6. The number of alkyl halides is 3. The fraction of sp³-hybridized carbons (Fsp3) is 0.111. The van der Waals surface area contributed by atoms with Crippen LogP contribution in [0.25, 0.3) is 5.57 Å². The Kier molecular flexibility index (Phi) is 6.80. The van der Waals surface area contributed by atoms with E-state index < -0.39 is 36.0 Å². The largest absolute Gasteiger partial charge is 0.416 e. The number of thioether (sulfide) groups is 1. The van der Waals surface area contributed by atoms with E-state index in [1.54, 1.807) is 24.3 Å². The molecule has 0 bridgehead atoms. The van der Waals surface area contributed by atoms with Gasteiger partial charge in [0.2, 0.25) is 5.91 Å². The average molecular weight is 554 g/mol. The van der Waals surface area contributed by atoms with Crippen LogP contribution in [0.1, 0.15) is 16.7 Å². The van der Waals surface area contributed by atoms with E-state index in [-0.39, 0.29) is 22.7 Å². The number of anilines is 2. The molecule has 0 saturated carbocycles. The van der Waals surface area contributed by atoms with Crippen LogP contribution >= 0.6 is 24.0 Å². The second kappa shape index (κ2) is 10.1. The Labute approximate surface area is 225 Å². The molecule has 3 amide bonds. The number of hydrogen-bond acceptors (Lipinski definition) is 5.